The highest BCUT2D eigenvalue weighted by Gasteiger charge is 2.50. The van der Waals surface area contributed by atoms with E-state index < -0.39 is 0 Å². The number of hydrogen-bond donors (Lipinski definition) is 2. The summed E-state index contributed by atoms with van der Waals surface area (Å²) in [7, 11) is 0. The van der Waals surface area contributed by atoms with E-state index in [0.717, 1.165) is 12.5 Å². The maximum Gasteiger partial charge on any atom is 0.0339 e. The van der Waals surface area contributed by atoms with Crippen molar-refractivity contribution in [3.8, 4) is 0 Å². The Kier molecular flexibility index (Phi) is 3.57. The third-order valence-electron chi connectivity index (χ3n) is 6.74. The highest BCUT2D eigenvalue weighted by atomic mass is 15.1. The second-order valence-electron chi connectivity index (χ2n) is 8.49. The number of hydrogen-bond acceptors (Lipinski definition) is 2. The van der Waals surface area contributed by atoms with Crippen LogP contribution in [-0.2, 0) is 0 Å². The molecule has 4 aliphatic rings. The molecular formula is C21H30N2. The van der Waals surface area contributed by atoms with Crippen molar-refractivity contribution >= 4 is 0 Å². The van der Waals surface area contributed by atoms with Gasteiger partial charge in [0.25, 0.3) is 0 Å². The SMILES string of the molecule is CC(C)=CCC1C2CC3=C4C=CCNC(C)(C3)C(C)C1NC2=C4. The van der Waals surface area contributed by atoms with Crippen molar-refractivity contribution in [1.82, 2.24) is 10.6 Å². The Balaban J connectivity index is 1.80. The molecule has 2 N–H and O–H groups in total. The Morgan fingerprint density at radius 2 is 2.22 bits per heavy atom. The smallest absolute Gasteiger partial charge is 0.0339 e. The van der Waals surface area contributed by atoms with Crippen LogP contribution in [-0.4, -0.2) is 18.1 Å². The summed E-state index contributed by atoms with van der Waals surface area (Å²) in [6.07, 6.45) is 13.2. The fourth-order valence-electron chi connectivity index (χ4n) is 5.17. The lowest BCUT2D eigenvalue weighted by molar-refractivity contribution is 0.158. The average molecular weight is 310 g/mol. The summed E-state index contributed by atoms with van der Waals surface area (Å²) in [5, 5.41) is 7.80. The quantitative estimate of drug-likeness (QED) is 0.751. The maximum absolute atomic E-state index is 3.95. The predicted octanol–water partition coefficient (Wildman–Crippen LogP) is 4.09. The van der Waals surface area contributed by atoms with E-state index in [9.17, 15) is 0 Å². The van der Waals surface area contributed by atoms with Crippen LogP contribution in [0, 0.1) is 17.8 Å². The van der Waals surface area contributed by atoms with Gasteiger partial charge in [0.15, 0.2) is 0 Å². The topological polar surface area (TPSA) is 24.1 Å². The van der Waals surface area contributed by atoms with Crippen molar-refractivity contribution < 1.29 is 0 Å². The molecular weight excluding hydrogens is 280 g/mol. The minimum Gasteiger partial charge on any atom is -0.385 e. The highest BCUT2D eigenvalue weighted by Crippen LogP contribution is 2.50. The first-order valence-electron chi connectivity index (χ1n) is 9.23. The van der Waals surface area contributed by atoms with E-state index in [4.69, 9.17) is 0 Å². The molecule has 4 rings (SSSR count). The molecule has 2 aliphatic heterocycles. The Hall–Kier alpha value is -1.28. The zero-order chi connectivity index (χ0) is 16.2. The second kappa shape index (κ2) is 5.37. The fourth-order valence-corrected chi connectivity index (χ4v) is 5.17. The first-order chi connectivity index (χ1) is 11.0. The van der Waals surface area contributed by atoms with Gasteiger partial charge in [0.1, 0.15) is 0 Å². The third kappa shape index (κ3) is 2.42. The van der Waals surface area contributed by atoms with Gasteiger partial charge in [-0.3, -0.25) is 0 Å². The molecule has 0 aromatic rings. The summed E-state index contributed by atoms with van der Waals surface area (Å²) < 4.78 is 0. The Bertz CT molecular complexity index is 632. The van der Waals surface area contributed by atoms with E-state index in [-0.39, 0.29) is 5.54 Å². The normalized spacial score (nSPS) is 41.0. The summed E-state index contributed by atoms with van der Waals surface area (Å²) in [4.78, 5) is 0. The summed E-state index contributed by atoms with van der Waals surface area (Å²) >= 11 is 0. The molecule has 23 heavy (non-hydrogen) atoms. The van der Waals surface area contributed by atoms with Crippen molar-refractivity contribution in [3.63, 3.8) is 0 Å². The van der Waals surface area contributed by atoms with Gasteiger partial charge in [0, 0.05) is 29.7 Å². The van der Waals surface area contributed by atoms with Gasteiger partial charge in [-0.25, -0.2) is 0 Å². The molecule has 1 saturated carbocycles. The molecule has 0 aromatic carbocycles. The molecule has 0 amide bonds. The van der Waals surface area contributed by atoms with Gasteiger partial charge >= 0.3 is 0 Å². The summed E-state index contributed by atoms with van der Waals surface area (Å²) in [5.74, 6) is 2.05. The Morgan fingerprint density at radius 1 is 1.39 bits per heavy atom. The maximum atomic E-state index is 3.95. The summed E-state index contributed by atoms with van der Waals surface area (Å²) in [5.41, 5.74) is 6.28. The summed E-state index contributed by atoms with van der Waals surface area (Å²) in [6.45, 7) is 10.3. The van der Waals surface area contributed by atoms with E-state index in [2.05, 4.69) is 62.6 Å². The first-order valence-corrected chi connectivity index (χ1v) is 9.23. The van der Waals surface area contributed by atoms with E-state index in [1.165, 1.54) is 36.1 Å². The lowest BCUT2D eigenvalue weighted by Gasteiger charge is -2.45. The van der Waals surface area contributed by atoms with E-state index in [1.807, 2.05) is 0 Å². The molecule has 0 aromatic heterocycles. The predicted molar refractivity (Wildman–Crippen MR) is 97.0 cm³/mol. The monoisotopic (exact) mass is 310 g/mol. The average Bonchev–Trinajstić information content (AvgIpc) is 2.85. The van der Waals surface area contributed by atoms with E-state index in [0.29, 0.717) is 17.9 Å². The molecule has 5 atom stereocenters. The molecule has 0 spiro atoms. The molecule has 1 saturated heterocycles. The molecule has 2 aliphatic carbocycles. The minimum atomic E-state index is 0.185. The van der Waals surface area contributed by atoms with Crippen LogP contribution in [0.15, 0.2) is 46.7 Å². The molecule has 2 fully saturated rings. The number of fused-ring (bicyclic) bond motifs is 2. The molecule has 2 nitrogen and oxygen atoms in total. The van der Waals surface area contributed by atoms with Gasteiger partial charge in [-0.15, -0.1) is 0 Å². The number of rotatable bonds is 2. The Morgan fingerprint density at radius 3 is 3.00 bits per heavy atom. The zero-order valence-corrected chi connectivity index (χ0v) is 14.9. The molecule has 0 radical (unpaired) electrons. The van der Waals surface area contributed by atoms with E-state index in [1.54, 1.807) is 5.57 Å². The largest absolute Gasteiger partial charge is 0.385 e. The van der Waals surface area contributed by atoms with Crippen LogP contribution in [0.4, 0.5) is 0 Å². The second-order valence-corrected chi connectivity index (χ2v) is 8.49. The van der Waals surface area contributed by atoms with Gasteiger partial charge < -0.3 is 10.6 Å². The van der Waals surface area contributed by atoms with Crippen molar-refractivity contribution in [2.75, 3.05) is 6.54 Å². The zero-order valence-electron chi connectivity index (χ0n) is 14.9. The number of allylic oxidation sites excluding steroid dienone is 6. The van der Waals surface area contributed by atoms with Crippen LogP contribution in [0.25, 0.3) is 0 Å². The molecule has 2 heteroatoms. The van der Waals surface area contributed by atoms with Crippen molar-refractivity contribution in [2.24, 2.45) is 17.8 Å². The van der Waals surface area contributed by atoms with Crippen molar-refractivity contribution in [1.29, 1.82) is 0 Å². The van der Waals surface area contributed by atoms with E-state index >= 15 is 0 Å². The molecule has 2 heterocycles. The van der Waals surface area contributed by atoms with Crippen molar-refractivity contribution in [3.05, 3.63) is 46.7 Å². The lowest BCUT2D eigenvalue weighted by Crippen LogP contribution is -2.56. The highest BCUT2D eigenvalue weighted by molar-refractivity contribution is 5.46. The fraction of sp³-hybridized carbons (Fsp3) is 0.619. The van der Waals surface area contributed by atoms with Crippen LogP contribution < -0.4 is 10.6 Å². The van der Waals surface area contributed by atoms with Crippen LogP contribution in [0.1, 0.15) is 47.0 Å². The van der Waals surface area contributed by atoms with Gasteiger partial charge in [-0.05, 0) is 63.5 Å². The van der Waals surface area contributed by atoms with Gasteiger partial charge in [-0.1, -0.05) is 36.3 Å². The lowest BCUT2D eigenvalue weighted by atomic mass is 9.65. The minimum absolute atomic E-state index is 0.185. The van der Waals surface area contributed by atoms with Gasteiger partial charge in [0.05, 0.1) is 0 Å². The summed E-state index contributed by atoms with van der Waals surface area (Å²) in [6, 6.07) is 0.582. The van der Waals surface area contributed by atoms with Crippen LogP contribution in [0.3, 0.4) is 0 Å². The van der Waals surface area contributed by atoms with Crippen LogP contribution >= 0.6 is 0 Å². The van der Waals surface area contributed by atoms with Crippen LogP contribution in [0.2, 0.25) is 0 Å². The van der Waals surface area contributed by atoms with Gasteiger partial charge in [-0.2, -0.15) is 0 Å². The number of nitrogens with one attached hydrogen (secondary N) is 2. The molecule has 5 unspecified atom stereocenters. The van der Waals surface area contributed by atoms with Gasteiger partial charge in [0.2, 0.25) is 0 Å². The van der Waals surface area contributed by atoms with Crippen LogP contribution in [0.5, 0.6) is 0 Å². The first kappa shape index (κ1) is 15.3. The standard InChI is InChI=1S/C21H30N2/c1-13(2)7-8-17-18-10-16-12-21(4)14(3)20(17)23-19(18)11-15(16)6-5-9-22-21/h5-7,11,14,17-18,20,22-23H,8-10,12H2,1-4H3. The Labute approximate surface area is 140 Å². The molecule has 4 bridgehead atoms. The molecule has 124 valence electrons. The third-order valence-corrected chi connectivity index (χ3v) is 6.74. The van der Waals surface area contributed by atoms with Crippen molar-refractivity contribution in [2.45, 2.75) is 58.5 Å².